The van der Waals surface area contributed by atoms with Gasteiger partial charge in [0.2, 0.25) is 0 Å². The Labute approximate surface area is 184 Å². The van der Waals surface area contributed by atoms with Crippen molar-refractivity contribution in [3.8, 4) is 5.75 Å². The summed E-state index contributed by atoms with van der Waals surface area (Å²) in [5.41, 5.74) is 2.62. The van der Waals surface area contributed by atoms with Gasteiger partial charge in [-0.15, -0.1) is 0 Å². The van der Waals surface area contributed by atoms with Gasteiger partial charge < -0.3 is 14.4 Å². The van der Waals surface area contributed by atoms with Crippen LogP contribution in [0.4, 0.5) is 0 Å². The van der Waals surface area contributed by atoms with Crippen LogP contribution in [-0.4, -0.2) is 55.0 Å². The lowest BCUT2D eigenvalue weighted by Gasteiger charge is -2.21. The summed E-state index contributed by atoms with van der Waals surface area (Å²) in [6.07, 6.45) is 0.654. The van der Waals surface area contributed by atoms with Crippen molar-refractivity contribution in [3.05, 3.63) is 71.4 Å². The second kappa shape index (κ2) is 10.3. The highest BCUT2D eigenvalue weighted by Crippen LogP contribution is 2.32. The second-order valence-electron chi connectivity index (χ2n) is 7.86. The van der Waals surface area contributed by atoms with Gasteiger partial charge in [0.05, 0.1) is 11.7 Å². The zero-order valence-electron chi connectivity index (χ0n) is 18.6. The van der Waals surface area contributed by atoms with Gasteiger partial charge in [-0.2, -0.15) is 0 Å². The highest BCUT2D eigenvalue weighted by Gasteiger charge is 2.40. The number of hydrogen-bond acceptors (Lipinski definition) is 5. The van der Waals surface area contributed by atoms with Crippen molar-refractivity contribution in [2.75, 3.05) is 27.3 Å². The molecule has 0 bridgehead atoms. The SMILES string of the molecule is COCCCN1C(=O)C(c2ccc(OC(C)C)cc2)=C(N(C)Cc2ccccc2)C1=O. The van der Waals surface area contributed by atoms with Gasteiger partial charge in [-0.25, -0.2) is 0 Å². The fourth-order valence-electron chi connectivity index (χ4n) is 3.66. The maximum Gasteiger partial charge on any atom is 0.277 e. The molecule has 1 aliphatic heterocycles. The molecule has 0 aliphatic carbocycles. The van der Waals surface area contributed by atoms with Crippen molar-refractivity contribution in [3.63, 3.8) is 0 Å². The van der Waals surface area contributed by atoms with Crippen LogP contribution >= 0.6 is 0 Å². The number of carbonyl (C=O) groups is 2. The predicted octanol–water partition coefficient (Wildman–Crippen LogP) is 3.72. The maximum atomic E-state index is 13.3. The fourth-order valence-corrected chi connectivity index (χ4v) is 3.66. The summed E-state index contributed by atoms with van der Waals surface area (Å²) in [6, 6.07) is 17.2. The van der Waals surface area contributed by atoms with E-state index >= 15 is 0 Å². The second-order valence-corrected chi connectivity index (χ2v) is 7.86. The van der Waals surface area contributed by atoms with Crippen LogP contribution in [0.3, 0.4) is 0 Å². The average molecular weight is 423 g/mol. The van der Waals surface area contributed by atoms with Gasteiger partial charge in [0.15, 0.2) is 0 Å². The molecule has 3 rings (SSSR count). The molecule has 0 saturated heterocycles. The monoisotopic (exact) mass is 422 g/mol. The number of likely N-dealkylation sites (N-methyl/N-ethyl adjacent to an activating group) is 1. The van der Waals surface area contributed by atoms with E-state index in [2.05, 4.69) is 0 Å². The molecule has 0 saturated carbocycles. The molecular weight excluding hydrogens is 392 g/mol. The summed E-state index contributed by atoms with van der Waals surface area (Å²) in [5, 5.41) is 0. The molecule has 2 aromatic rings. The Balaban J connectivity index is 1.95. The molecule has 2 amide bonds. The number of hydrogen-bond donors (Lipinski definition) is 0. The van der Waals surface area contributed by atoms with Gasteiger partial charge >= 0.3 is 0 Å². The number of amides is 2. The van der Waals surface area contributed by atoms with E-state index in [0.717, 1.165) is 11.3 Å². The van der Waals surface area contributed by atoms with Crippen LogP contribution in [-0.2, 0) is 20.9 Å². The minimum Gasteiger partial charge on any atom is -0.491 e. The van der Waals surface area contributed by atoms with E-state index in [0.29, 0.717) is 43.0 Å². The number of carbonyl (C=O) groups excluding carboxylic acids is 2. The molecular formula is C25H30N2O4. The van der Waals surface area contributed by atoms with Crippen LogP contribution in [0.25, 0.3) is 5.57 Å². The fraction of sp³-hybridized carbons (Fsp3) is 0.360. The summed E-state index contributed by atoms with van der Waals surface area (Å²) >= 11 is 0. The topological polar surface area (TPSA) is 59.1 Å². The van der Waals surface area contributed by atoms with Crippen molar-refractivity contribution in [1.82, 2.24) is 9.80 Å². The Hall–Kier alpha value is -3.12. The molecule has 31 heavy (non-hydrogen) atoms. The number of nitrogens with zero attached hydrogens (tertiary/aromatic N) is 2. The van der Waals surface area contributed by atoms with Gasteiger partial charge in [-0.05, 0) is 43.5 Å². The largest absolute Gasteiger partial charge is 0.491 e. The van der Waals surface area contributed by atoms with E-state index in [1.54, 1.807) is 7.11 Å². The summed E-state index contributed by atoms with van der Waals surface area (Å²) in [6.45, 7) is 5.27. The van der Waals surface area contributed by atoms with Crippen molar-refractivity contribution >= 4 is 17.4 Å². The molecule has 0 fully saturated rings. The van der Waals surface area contributed by atoms with E-state index in [-0.39, 0.29) is 17.9 Å². The lowest BCUT2D eigenvalue weighted by Crippen LogP contribution is -2.35. The Morgan fingerprint density at radius 2 is 1.65 bits per heavy atom. The van der Waals surface area contributed by atoms with Crippen LogP contribution in [0.5, 0.6) is 5.75 Å². The number of methoxy groups -OCH3 is 1. The van der Waals surface area contributed by atoms with Crippen molar-refractivity contribution in [2.24, 2.45) is 0 Å². The Bertz CT molecular complexity index is 936. The third kappa shape index (κ3) is 5.33. The van der Waals surface area contributed by atoms with E-state index < -0.39 is 0 Å². The van der Waals surface area contributed by atoms with Gasteiger partial charge in [0, 0.05) is 33.9 Å². The highest BCUT2D eigenvalue weighted by atomic mass is 16.5. The first kappa shape index (κ1) is 22.6. The number of benzene rings is 2. The third-order valence-corrected chi connectivity index (χ3v) is 5.03. The molecule has 0 radical (unpaired) electrons. The van der Waals surface area contributed by atoms with Crippen LogP contribution < -0.4 is 4.74 Å². The first-order chi connectivity index (χ1) is 14.9. The average Bonchev–Trinajstić information content (AvgIpc) is 2.99. The number of ether oxygens (including phenoxy) is 2. The van der Waals surface area contributed by atoms with E-state index in [1.807, 2.05) is 80.4 Å². The van der Waals surface area contributed by atoms with Crippen molar-refractivity contribution in [1.29, 1.82) is 0 Å². The number of rotatable bonds is 10. The summed E-state index contributed by atoms with van der Waals surface area (Å²) < 4.78 is 10.8. The third-order valence-electron chi connectivity index (χ3n) is 5.03. The molecule has 0 spiro atoms. The van der Waals surface area contributed by atoms with Gasteiger partial charge in [0.25, 0.3) is 11.8 Å². The minimum absolute atomic E-state index is 0.0589. The molecule has 2 aromatic carbocycles. The Kier molecular flexibility index (Phi) is 7.47. The van der Waals surface area contributed by atoms with E-state index in [9.17, 15) is 9.59 Å². The lowest BCUT2D eigenvalue weighted by molar-refractivity contribution is -0.137. The summed E-state index contributed by atoms with van der Waals surface area (Å²) in [7, 11) is 3.46. The van der Waals surface area contributed by atoms with Crippen LogP contribution in [0.2, 0.25) is 0 Å². The first-order valence-electron chi connectivity index (χ1n) is 10.5. The van der Waals surface area contributed by atoms with E-state index in [4.69, 9.17) is 9.47 Å². The van der Waals surface area contributed by atoms with E-state index in [1.165, 1.54) is 4.90 Å². The van der Waals surface area contributed by atoms with Gasteiger partial charge in [-0.3, -0.25) is 14.5 Å². The smallest absolute Gasteiger partial charge is 0.277 e. The first-order valence-corrected chi connectivity index (χ1v) is 10.5. The summed E-state index contributed by atoms with van der Waals surface area (Å²) in [4.78, 5) is 29.8. The van der Waals surface area contributed by atoms with Gasteiger partial charge in [0.1, 0.15) is 11.4 Å². The molecule has 0 N–H and O–H groups in total. The molecule has 0 unspecified atom stereocenters. The molecule has 6 heteroatoms. The highest BCUT2D eigenvalue weighted by molar-refractivity contribution is 6.35. The predicted molar refractivity (Wildman–Crippen MR) is 120 cm³/mol. The van der Waals surface area contributed by atoms with Crippen molar-refractivity contribution < 1.29 is 19.1 Å². The minimum atomic E-state index is -0.270. The van der Waals surface area contributed by atoms with Crippen molar-refractivity contribution in [2.45, 2.75) is 32.9 Å². The molecule has 0 atom stereocenters. The Morgan fingerprint density at radius 1 is 0.968 bits per heavy atom. The maximum absolute atomic E-state index is 13.3. The Morgan fingerprint density at radius 3 is 2.26 bits per heavy atom. The van der Waals surface area contributed by atoms with Gasteiger partial charge in [-0.1, -0.05) is 42.5 Å². The molecule has 1 heterocycles. The molecule has 1 aliphatic rings. The van der Waals surface area contributed by atoms with Crippen LogP contribution in [0.1, 0.15) is 31.4 Å². The number of imide groups is 1. The molecule has 0 aromatic heterocycles. The van der Waals surface area contributed by atoms with Crippen LogP contribution in [0, 0.1) is 0 Å². The zero-order valence-corrected chi connectivity index (χ0v) is 18.6. The normalized spacial score (nSPS) is 14.0. The molecule has 6 nitrogen and oxygen atoms in total. The quantitative estimate of drug-likeness (QED) is 0.431. The zero-order chi connectivity index (χ0) is 22.4. The van der Waals surface area contributed by atoms with Crippen LogP contribution in [0.15, 0.2) is 60.3 Å². The molecule has 164 valence electrons. The standard InChI is InChI=1S/C25H30N2O4/c1-18(2)31-21-13-11-20(12-14-21)22-23(26(3)17-19-9-6-5-7-10-19)25(29)27(24(22)28)15-8-16-30-4/h5-7,9-14,18H,8,15-17H2,1-4H3. The lowest BCUT2D eigenvalue weighted by atomic mass is 10.0. The summed E-state index contributed by atoms with van der Waals surface area (Å²) in [5.74, 6) is 0.192.